The standard InChI is InChI=1S/C8H7ClF3N3/c9-7-14-5-1-2-13-3-4(5)6(15-7)8(10,11)12/h13H,1-3H2. The van der Waals surface area contributed by atoms with Gasteiger partial charge in [-0.15, -0.1) is 0 Å². The van der Waals surface area contributed by atoms with Crippen LogP contribution >= 0.6 is 11.6 Å². The van der Waals surface area contributed by atoms with Gasteiger partial charge in [0.15, 0.2) is 5.69 Å². The van der Waals surface area contributed by atoms with E-state index >= 15 is 0 Å². The Balaban J connectivity index is 2.58. The molecule has 3 nitrogen and oxygen atoms in total. The van der Waals surface area contributed by atoms with Crippen molar-refractivity contribution in [2.45, 2.75) is 19.1 Å². The van der Waals surface area contributed by atoms with Crippen LogP contribution in [0.3, 0.4) is 0 Å². The molecule has 0 unspecified atom stereocenters. The summed E-state index contributed by atoms with van der Waals surface area (Å²) in [6.45, 7) is 0.749. The van der Waals surface area contributed by atoms with E-state index in [-0.39, 0.29) is 17.4 Å². The highest BCUT2D eigenvalue weighted by Gasteiger charge is 2.37. The Kier molecular flexibility index (Phi) is 2.56. The molecule has 0 amide bonds. The van der Waals surface area contributed by atoms with Crippen molar-refractivity contribution in [2.24, 2.45) is 0 Å². The zero-order valence-corrected chi connectivity index (χ0v) is 8.28. The van der Waals surface area contributed by atoms with E-state index in [0.717, 1.165) is 0 Å². The van der Waals surface area contributed by atoms with E-state index in [2.05, 4.69) is 15.3 Å². The van der Waals surface area contributed by atoms with Crippen molar-refractivity contribution < 1.29 is 13.2 Å². The highest BCUT2D eigenvalue weighted by Crippen LogP contribution is 2.33. The first-order valence-electron chi connectivity index (χ1n) is 4.31. The first-order valence-corrected chi connectivity index (χ1v) is 4.69. The summed E-state index contributed by atoms with van der Waals surface area (Å²) in [6, 6.07) is 0. The number of nitrogens with one attached hydrogen (secondary N) is 1. The summed E-state index contributed by atoms with van der Waals surface area (Å²) >= 11 is 5.45. The van der Waals surface area contributed by atoms with Gasteiger partial charge in [0.05, 0.1) is 5.69 Å². The molecule has 0 aliphatic carbocycles. The highest BCUT2D eigenvalue weighted by molar-refractivity contribution is 6.28. The predicted octanol–water partition coefficient (Wildman–Crippen LogP) is 1.79. The fourth-order valence-electron chi connectivity index (χ4n) is 1.55. The summed E-state index contributed by atoms with van der Waals surface area (Å²) in [7, 11) is 0. The second-order valence-corrected chi connectivity index (χ2v) is 3.53. The normalized spacial score (nSPS) is 16.3. The van der Waals surface area contributed by atoms with Crippen LogP contribution in [0.15, 0.2) is 0 Å². The summed E-state index contributed by atoms with van der Waals surface area (Å²) in [4.78, 5) is 7.05. The van der Waals surface area contributed by atoms with Crippen LogP contribution in [-0.2, 0) is 19.1 Å². The van der Waals surface area contributed by atoms with Gasteiger partial charge in [0, 0.05) is 25.1 Å². The molecule has 0 fully saturated rings. The minimum atomic E-state index is -4.48. The summed E-state index contributed by atoms with van der Waals surface area (Å²) < 4.78 is 37.7. The monoisotopic (exact) mass is 237 g/mol. The van der Waals surface area contributed by atoms with Gasteiger partial charge in [0.25, 0.3) is 0 Å². The van der Waals surface area contributed by atoms with E-state index in [1.807, 2.05) is 0 Å². The summed E-state index contributed by atoms with van der Waals surface area (Å²) in [5.74, 6) is 0. The third-order valence-corrected chi connectivity index (χ3v) is 2.34. The van der Waals surface area contributed by atoms with E-state index in [1.54, 1.807) is 0 Å². The molecular weight excluding hydrogens is 231 g/mol. The Hall–Kier alpha value is -0.880. The van der Waals surface area contributed by atoms with Crippen LogP contribution in [0.5, 0.6) is 0 Å². The third kappa shape index (κ3) is 2.05. The predicted molar refractivity (Wildman–Crippen MR) is 47.5 cm³/mol. The van der Waals surface area contributed by atoms with Gasteiger partial charge in [0.2, 0.25) is 5.28 Å². The second kappa shape index (κ2) is 3.61. The number of hydrogen-bond donors (Lipinski definition) is 1. The Morgan fingerprint density at radius 3 is 2.67 bits per heavy atom. The number of rotatable bonds is 0. The lowest BCUT2D eigenvalue weighted by atomic mass is 10.1. The molecule has 2 heterocycles. The van der Waals surface area contributed by atoms with Crippen LogP contribution < -0.4 is 5.32 Å². The molecule has 2 rings (SSSR count). The van der Waals surface area contributed by atoms with Crippen LogP contribution in [0, 0.1) is 0 Å². The molecule has 0 radical (unpaired) electrons. The third-order valence-electron chi connectivity index (χ3n) is 2.17. The fraction of sp³-hybridized carbons (Fsp3) is 0.500. The first-order chi connectivity index (χ1) is 6.98. The van der Waals surface area contributed by atoms with Gasteiger partial charge in [-0.3, -0.25) is 0 Å². The number of aromatic nitrogens is 2. The Labute approximate surface area is 88.7 Å². The topological polar surface area (TPSA) is 37.8 Å². The molecule has 1 aliphatic rings. The number of halogens is 4. The first kappa shape index (κ1) is 10.6. The van der Waals surface area contributed by atoms with E-state index in [4.69, 9.17) is 11.6 Å². The molecule has 0 bridgehead atoms. The van der Waals surface area contributed by atoms with E-state index in [1.165, 1.54) is 0 Å². The molecular formula is C8H7ClF3N3. The molecule has 0 saturated heterocycles. The van der Waals surface area contributed by atoms with E-state index < -0.39 is 11.9 Å². The highest BCUT2D eigenvalue weighted by atomic mass is 35.5. The minimum absolute atomic E-state index is 0.109. The lowest BCUT2D eigenvalue weighted by Crippen LogP contribution is -2.28. The molecule has 0 saturated carbocycles. The van der Waals surface area contributed by atoms with Gasteiger partial charge in [0.1, 0.15) is 0 Å². The van der Waals surface area contributed by atoms with Crippen molar-refractivity contribution in [3.63, 3.8) is 0 Å². The van der Waals surface area contributed by atoms with Crippen LogP contribution in [0.2, 0.25) is 5.28 Å². The average molecular weight is 238 g/mol. The minimum Gasteiger partial charge on any atom is -0.312 e. The van der Waals surface area contributed by atoms with Gasteiger partial charge in [-0.2, -0.15) is 13.2 Å². The lowest BCUT2D eigenvalue weighted by molar-refractivity contribution is -0.142. The number of hydrogen-bond acceptors (Lipinski definition) is 3. The average Bonchev–Trinajstić information content (AvgIpc) is 2.15. The van der Waals surface area contributed by atoms with E-state index in [0.29, 0.717) is 18.7 Å². The molecule has 15 heavy (non-hydrogen) atoms. The van der Waals surface area contributed by atoms with Crippen molar-refractivity contribution in [3.8, 4) is 0 Å². The molecule has 1 N–H and O–H groups in total. The van der Waals surface area contributed by atoms with Crippen molar-refractivity contribution in [1.82, 2.24) is 15.3 Å². The quantitative estimate of drug-likeness (QED) is 0.699. The molecule has 82 valence electrons. The van der Waals surface area contributed by atoms with Gasteiger partial charge in [-0.05, 0) is 11.6 Å². The van der Waals surface area contributed by atoms with Gasteiger partial charge in [-0.25, -0.2) is 9.97 Å². The Morgan fingerprint density at radius 2 is 2.00 bits per heavy atom. The van der Waals surface area contributed by atoms with E-state index in [9.17, 15) is 13.2 Å². The maximum atomic E-state index is 12.6. The maximum Gasteiger partial charge on any atom is 0.433 e. The zero-order chi connectivity index (χ0) is 11.1. The van der Waals surface area contributed by atoms with Crippen molar-refractivity contribution in [3.05, 3.63) is 22.2 Å². The number of fused-ring (bicyclic) bond motifs is 1. The SMILES string of the molecule is FC(F)(F)c1nc(Cl)nc2c1CNCC2. The maximum absolute atomic E-state index is 12.6. The molecule has 0 atom stereocenters. The van der Waals surface area contributed by atoms with Crippen molar-refractivity contribution in [2.75, 3.05) is 6.54 Å². The van der Waals surface area contributed by atoms with Crippen LogP contribution in [0.4, 0.5) is 13.2 Å². The van der Waals surface area contributed by atoms with Gasteiger partial charge in [-0.1, -0.05) is 0 Å². The Morgan fingerprint density at radius 1 is 1.27 bits per heavy atom. The zero-order valence-electron chi connectivity index (χ0n) is 7.53. The molecule has 0 spiro atoms. The van der Waals surface area contributed by atoms with Gasteiger partial charge < -0.3 is 5.32 Å². The largest absolute Gasteiger partial charge is 0.433 e. The van der Waals surface area contributed by atoms with Crippen LogP contribution in [0.25, 0.3) is 0 Å². The molecule has 1 aliphatic heterocycles. The van der Waals surface area contributed by atoms with Crippen LogP contribution in [-0.4, -0.2) is 16.5 Å². The summed E-state index contributed by atoms with van der Waals surface area (Å²) in [6.07, 6.45) is -4.03. The fourth-order valence-corrected chi connectivity index (χ4v) is 1.73. The van der Waals surface area contributed by atoms with Crippen LogP contribution in [0.1, 0.15) is 17.0 Å². The number of alkyl halides is 3. The summed E-state index contributed by atoms with van der Waals surface area (Å²) in [5.41, 5.74) is -0.427. The molecule has 1 aromatic rings. The smallest absolute Gasteiger partial charge is 0.312 e. The molecule has 0 aromatic carbocycles. The van der Waals surface area contributed by atoms with Crippen molar-refractivity contribution in [1.29, 1.82) is 0 Å². The second-order valence-electron chi connectivity index (χ2n) is 3.19. The molecule has 7 heteroatoms. The summed E-state index contributed by atoms with van der Waals surface area (Å²) in [5, 5.41) is 2.51. The van der Waals surface area contributed by atoms with Gasteiger partial charge >= 0.3 is 6.18 Å². The number of nitrogens with zero attached hydrogens (tertiary/aromatic N) is 2. The Bertz CT molecular complexity index is 391. The lowest BCUT2D eigenvalue weighted by Gasteiger charge is -2.19. The molecule has 1 aromatic heterocycles. The van der Waals surface area contributed by atoms with Crippen molar-refractivity contribution >= 4 is 11.6 Å².